The molecule has 0 fully saturated rings. The second-order valence-electron chi connectivity index (χ2n) is 4.83. The van der Waals surface area contributed by atoms with Crippen molar-refractivity contribution in [2.45, 2.75) is 13.0 Å². The molecule has 0 aliphatic carbocycles. The summed E-state index contributed by atoms with van der Waals surface area (Å²) >= 11 is 1.64. The molecule has 0 aliphatic heterocycles. The first kappa shape index (κ1) is 14.0. The molecule has 0 amide bonds. The van der Waals surface area contributed by atoms with Crippen LogP contribution in [0.3, 0.4) is 0 Å². The second-order valence-corrected chi connectivity index (χ2v) is 5.82. The minimum atomic E-state index is -0.158. The third-order valence-electron chi connectivity index (χ3n) is 3.35. The van der Waals surface area contributed by atoms with E-state index in [9.17, 15) is 4.79 Å². The van der Waals surface area contributed by atoms with E-state index in [1.807, 2.05) is 48.7 Å². The van der Waals surface area contributed by atoms with Gasteiger partial charge in [0.05, 0.1) is 6.42 Å². The first-order valence-electron chi connectivity index (χ1n) is 6.82. The molecule has 3 rings (SSSR count). The minimum absolute atomic E-state index is 0.158. The van der Waals surface area contributed by atoms with Gasteiger partial charge in [-0.1, -0.05) is 30.3 Å². The van der Waals surface area contributed by atoms with E-state index in [2.05, 4.69) is 0 Å². The number of thioether (sulfide) groups is 1. The van der Waals surface area contributed by atoms with E-state index in [4.69, 9.17) is 9.15 Å². The number of carbonyl (C=O) groups excluding carboxylic acids is 1. The van der Waals surface area contributed by atoms with E-state index >= 15 is 0 Å². The van der Waals surface area contributed by atoms with Crippen LogP contribution in [0.1, 0.15) is 12.0 Å². The zero-order chi connectivity index (χ0) is 14.7. The van der Waals surface area contributed by atoms with Crippen LogP contribution in [-0.2, 0) is 16.1 Å². The number of furan rings is 1. The molecular weight excluding hydrogens is 284 g/mol. The van der Waals surface area contributed by atoms with Gasteiger partial charge in [-0.05, 0) is 24.0 Å². The van der Waals surface area contributed by atoms with E-state index in [-0.39, 0.29) is 5.97 Å². The summed E-state index contributed by atoms with van der Waals surface area (Å²) in [6.45, 7) is 0.292. The lowest BCUT2D eigenvalue weighted by molar-refractivity contribution is -0.144. The second kappa shape index (κ2) is 6.22. The Morgan fingerprint density at radius 2 is 1.95 bits per heavy atom. The summed E-state index contributed by atoms with van der Waals surface area (Å²) in [5, 5.41) is 2.19. The average Bonchev–Trinajstić information content (AvgIpc) is 2.88. The molecule has 0 saturated carbocycles. The summed E-state index contributed by atoms with van der Waals surface area (Å²) in [5.41, 5.74) is 2.65. The molecule has 1 heterocycles. The maximum atomic E-state index is 11.5. The molecule has 0 spiro atoms. The lowest BCUT2D eigenvalue weighted by atomic mass is 10.1. The molecule has 108 valence electrons. The number of fused-ring (bicyclic) bond motifs is 3. The number of carbonyl (C=O) groups is 1. The van der Waals surface area contributed by atoms with Gasteiger partial charge in [0, 0.05) is 16.5 Å². The van der Waals surface area contributed by atoms with Crippen molar-refractivity contribution < 1.29 is 13.9 Å². The monoisotopic (exact) mass is 300 g/mol. The summed E-state index contributed by atoms with van der Waals surface area (Å²) in [6.07, 6.45) is 2.43. The molecule has 0 N–H and O–H groups in total. The normalized spacial score (nSPS) is 11.1. The molecule has 0 unspecified atom stereocenters. The molecule has 0 atom stereocenters. The van der Waals surface area contributed by atoms with Crippen LogP contribution >= 0.6 is 11.8 Å². The van der Waals surface area contributed by atoms with Crippen molar-refractivity contribution in [3.63, 3.8) is 0 Å². The maximum absolute atomic E-state index is 11.5. The summed E-state index contributed by atoms with van der Waals surface area (Å²) in [7, 11) is 0. The Labute approximate surface area is 127 Å². The van der Waals surface area contributed by atoms with Gasteiger partial charge in [-0.25, -0.2) is 0 Å². The van der Waals surface area contributed by atoms with Gasteiger partial charge in [0.25, 0.3) is 0 Å². The van der Waals surface area contributed by atoms with Crippen LogP contribution in [0.4, 0.5) is 0 Å². The first-order chi connectivity index (χ1) is 10.3. The van der Waals surface area contributed by atoms with Crippen molar-refractivity contribution in [1.82, 2.24) is 0 Å². The highest BCUT2D eigenvalue weighted by Crippen LogP contribution is 2.29. The van der Waals surface area contributed by atoms with Gasteiger partial charge in [0.2, 0.25) is 0 Å². The topological polar surface area (TPSA) is 39.4 Å². The lowest BCUT2D eigenvalue weighted by Crippen LogP contribution is -2.05. The average molecular weight is 300 g/mol. The van der Waals surface area contributed by atoms with Crippen molar-refractivity contribution in [3.05, 3.63) is 48.0 Å². The number of rotatable bonds is 5. The summed E-state index contributed by atoms with van der Waals surface area (Å²) in [4.78, 5) is 11.5. The lowest BCUT2D eigenvalue weighted by Gasteiger charge is -2.04. The summed E-state index contributed by atoms with van der Waals surface area (Å²) in [5.74, 6) is 0.635. The van der Waals surface area contributed by atoms with E-state index in [0.29, 0.717) is 13.0 Å². The molecule has 2 aromatic carbocycles. The van der Waals surface area contributed by atoms with Crippen molar-refractivity contribution >= 4 is 39.7 Å². The summed E-state index contributed by atoms with van der Waals surface area (Å²) in [6, 6.07) is 13.9. The molecule has 0 bridgehead atoms. The number of hydrogen-bond donors (Lipinski definition) is 0. The molecule has 0 aliphatic rings. The highest BCUT2D eigenvalue weighted by Gasteiger charge is 2.08. The highest BCUT2D eigenvalue weighted by molar-refractivity contribution is 7.98. The molecule has 1 aromatic heterocycles. The molecule has 3 aromatic rings. The predicted octanol–water partition coefficient (Wildman–Crippen LogP) is 4.38. The standard InChI is InChI=1S/C17H16O3S/c1-21-9-8-17(18)19-11-12-6-7-14-13-4-2-3-5-15(13)20-16(14)10-12/h2-7,10H,8-9,11H2,1H3. The van der Waals surface area contributed by atoms with Gasteiger partial charge in [-0.15, -0.1) is 0 Å². The third kappa shape index (κ3) is 3.05. The fourth-order valence-corrected chi connectivity index (χ4v) is 2.65. The van der Waals surface area contributed by atoms with Crippen LogP contribution in [0.25, 0.3) is 21.9 Å². The zero-order valence-electron chi connectivity index (χ0n) is 11.8. The van der Waals surface area contributed by atoms with Crippen LogP contribution in [0.2, 0.25) is 0 Å². The van der Waals surface area contributed by atoms with Gasteiger partial charge >= 0.3 is 5.97 Å². The maximum Gasteiger partial charge on any atom is 0.306 e. The first-order valence-corrected chi connectivity index (χ1v) is 8.22. The van der Waals surface area contributed by atoms with Crippen LogP contribution in [0.15, 0.2) is 46.9 Å². The van der Waals surface area contributed by atoms with Crippen LogP contribution in [-0.4, -0.2) is 18.0 Å². The largest absolute Gasteiger partial charge is 0.461 e. The number of ether oxygens (including phenoxy) is 1. The van der Waals surface area contributed by atoms with E-state index < -0.39 is 0 Å². The van der Waals surface area contributed by atoms with E-state index in [1.54, 1.807) is 11.8 Å². The Hall–Kier alpha value is -1.94. The Bertz CT molecular complexity index is 776. The van der Waals surface area contributed by atoms with Crippen LogP contribution < -0.4 is 0 Å². The van der Waals surface area contributed by atoms with Gasteiger partial charge in [0.15, 0.2) is 0 Å². The smallest absolute Gasteiger partial charge is 0.306 e. The molecule has 3 nitrogen and oxygen atoms in total. The fraction of sp³-hybridized carbons (Fsp3) is 0.235. The molecule has 0 radical (unpaired) electrons. The highest BCUT2D eigenvalue weighted by atomic mass is 32.2. The van der Waals surface area contributed by atoms with Gasteiger partial charge in [0.1, 0.15) is 17.8 Å². The Morgan fingerprint density at radius 3 is 2.81 bits per heavy atom. The van der Waals surface area contributed by atoms with Gasteiger partial charge < -0.3 is 9.15 Å². The van der Waals surface area contributed by atoms with Crippen molar-refractivity contribution in [2.75, 3.05) is 12.0 Å². The number of benzene rings is 2. The van der Waals surface area contributed by atoms with Crippen molar-refractivity contribution in [2.24, 2.45) is 0 Å². The van der Waals surface area contributed by atoms with Crippen LogP contribution in [0, 0.1) is 0 Å². The molecule has 0 saturated heterocycles. The van der Waals surface area contributed by atoms with Crippen molar-refractivity contribution in [3.8, 4) is 0 Å². The van der Waals surface area contributed by atoms with E-state index in [1.165, 1.54) is 0 Å². The SMILES string of the molecule is CSCCC(=O)OCc1ccc2c(c1)oc1ccccc12. The zero-order valence-corrected chi connectivity index (χ0v) is 12.6. The van der Waals surface area contributed by atoms with E-state index in [0.717, 1.165) is 33.3 Å². The quantitative estimate of drug-likeness (QED) is 0.655. The predicted molar refractivity (Wildman–Crippen MR) is 86.5 cm³/mol. The van der Waals surface area contributed by atoms with Crippen LogP contribution in [0.5, 0.6) is 0 Å². The Morgan fingerprint density at radius 1 is 1.14 bits per heavy atom. The van der Waals surface area contributed by atoms with Crippen molar-refractivity contribution in [1.29, 1.82) is 0 Å². The fourth-order valence-electron chi connectivity index (χ4n) is 2.28. The molecular formula is C17H16O3S. The number of para-hydroxylation sites is 1. The Balaban J connectivity index is 1.78. The van der Waals surface area contributed by atoms with Gasteiger partial charge in [-0.2, -0.15) is 11.8 Å². The number of hydrogen-bond acceptors (Lipinski definition) is 4. The molecule has 21 heavy (non-hydrogen) atoms. The number of esters is 1. The third-order valence-corrected chi connectivity index (χ3v) is 3.97. The minimum Gasteiger partial charge on any atom is -0.461 e. The summed E-state index contributed by atoms with van der Waals surface area (Å²) < 4.78 is 11.1. The Kier molecular flexibility index (Phi) is 4.15. The van der Waals surface area contributed by atoms with Gasteiger partial charge in [-0.3, -0.25) is 4.79 Å². The molecule has 4 heteroatoms.